The van der Waals surface area contributed by atoms with Crippen molar-refractivity contribution in [2.24, 2.45) is 5.73 Å². The van der Waals surface area contributed by atoms with Gasteiger partial charge in [0.25, 0.3) is 0 Å². The van der Waals surface area contributed by atoms with Crippen molar-refractivity contribution in [2.75, 3.05) is 18.8 Å². The third-order valence-electron chi connectivity index (χ3n) is 3.50. The Morgan fingerprint density at radius 2 is 2.18 bits per heavy atom. The lowest BCUT2D eigenvalue weighted by molar-refractivity contribution is 0.176. The van der Waals surface area contributed by atoms with Crippen LogP contribution in [0.4, 0.5) is 0 Å². The van der Waals surface area contributed by atoms with Crippen molar-refractivity contribution in [3.8, 4) is 0 Å². The van der Waals surface area contributed by atoms with E-state index in [4.69, 9.17) is 5.73 Å². The first kappa shape index (κ1) is 13.2. The standard InChI is InChI=1S/C10H19N3O2S2/c11-10(16)7-17(14,15)12-8-3-5-13-4-1-2-9(13)6-8/h8-9,12H,1-7H2,(H2,11,16). The Labute approximate surface area is 108 Å². The summed E-state index contributed by atoms with van der Waals surface area (Å²) in [4.78, 5) is 2.48. The van der Waals surface area contributed by atoms with Gasteiger partial charge in [-0.1, -0.05) is 12.2 Å². The molecular weight excluding hydrogens is 258 g/mol. The number of sulfonamides is 1. The topological polar surface area (TPSA) is 75.4 Å². The summed E-state index contributed by atoms with van der Waals surface area (Å²) in [5, 5.41) is 0. The minimum absolute atomic E-state index is 0.0239. The Morgan fingerprint density at radius 3 is 2.88 bits per heavy atom. The van der Waals surface area contributed by atoms with E-state index in [0.717, 1.165) is 25.9 Å². The zero-order chi connectivity index (χ0) is 12.5. The number of fused-ring (bicyclic) bond motifs is 1. The molecule has 2 aliphatic heterocycles. The molecule has 2 atom stereocenters. The maximum Gasteiger partial charge on any atom is 0.218 e. The fourth-order valence-electron chi connectivity index (χ4n) is 2.81. The van der Waals surface area contributed by atoms with Crippen LogP contribution in [0.5, 0.6) is 0 Å². The van der Waals surface area contributed by atoms with E-state index in [1.165, 1.54) is 12.8 Å². The Bertz CT molecular complexity index is 396. The van der Waals surface area contributed by atoms with Crippen LogP contribution in [0.1, 0.15) is 25.7 Å². The van der Waals surface area contributed by atoms with Gasteiger partial charge in [-0.25, -0.2) is 13.1 Å². The van der Waals surface area contributed by atoms with Crippen LogP contribution < -0.4 is 10.5 Å². The first-order chi connectivity index (χ1) is 7.96. The number of nitrogens with one attached hydrogen (secondary N) is 1. The van der Waals surface area contributed by atoms with Crippen molar-refractivity contribution in [3.05, 3.63) is 0 Å². The lowest BCUT2D eigenvalue weighted by atomic mass is 9.99. The molecule has 0 aromatic rings. The fourth-order valence-corrected chi connectivity index (χ4v) is 4.46. The molecular formula is C10H19N3O2S2. The van der Waals surface area contributed by atoms with Gasteiger partial charge in [0, 0.05) is 12.1 Å². The van der Waals surface area contributed by atoms with Crippen LogP contribution in [0.3, 0.4) is 0 Å². The predicted molar refractivity (Wildman–Crippen MR) is 71.3 cm³/mol. The van der Waals surface area contributed by atoms with Crippen LogP contribution in [-0.4, -0.2) is 49.2 Å². The molecule has 2 saturated heterocycles. The number of hydrogen-bond donors (Lipinski definition) is 2. The van der Waals surface area contributed by atoms with E-state index in [0.29, 0.717) is 6.04 Å². The number of hydrogen-bond acceptors (Lipinski definition) is 4. The predicted octanol–water partition coefficient (Wildman–Crippen LogP) is -0.181. The molecule has 0 aromatic carbocycles. The minimum Gasteiger partial charge on any atom is -0.392 e. The molecule has 2 aliphatic rings. The van der Waals surface area contributed by atoms with Crippen LogP contribution in [0.2, 0.25) is 0 Å². The molecule has 2 fully saturated rings. The largest absolute Gasteiger partial charge is 0.392 e. The average Bonchev–Trinajstić information content (AvgIpc) is 2.61. The molecule has 5 nitrogen and oxygen atoms in total. The van der Waals surface area contributed by atoms with E-state index in [1.807, 2.05) is 0 Å². The van der Waals surface area contributed by atoms with E-state index in [-0.39, 0.29) is 16.8 Å². The maximum absolute atomic E-state index is 11.7. The molecule has 2 rings (SSSR count). The molecule has 3 N–H and O–H groups in total. The van der Waals surface area contributed by atoms with Crippen LogP contribution in [-0.2, 0) is 10.0 Å². The number of nitrogens with zero attached hydrogens (tertiary/aromatic N) is 1. The first-order valence-electron chi connectivity index (χ1n) is 5.98. The SMILES string of the molecule is NC(=S)CS(=O)(=O)NC1CCN2CCCC2C1. The zero-order valence-corrected chi connectivity index (χ0v) is 11.4. The second-order valence-corrected chi connectivity index (χ2v) is 7.17. The Kier molecular flexibility index (Phi) is 4.02. The number of rotatable bonds is 4. The fraction of sp³-hybridized carbons (Fsp3) is 0.900. The van der Waals surface area contributed by atoms with E-state index in [2.05, 4.69) is 21.8 Å². The van der Waals surface area contributed by atoms with Crippen LogP contribution >= 0.6 is 12.2 Å². The highest BCUT2D eigenvalue weighted by atomic mass is 32.2. The van der Waals surface area contributed by atoms with Crippen LogP contribution in [0.25, 0.3) is 0 Å². The van der Waals surface area contributed by atoms with Crippen molar-refractivity contribution in [1.29, 1.82) is 0 Å². The zero-order valence-electron chi connectivity index (χ0n) is 9.76. The van der Waals surface area contributed by atoms with Crippen LogP contribution in [0, 0.1) is 0 Å². The summed E-state index contributed by atoms with van der Waals surface area (Å²) in [5.74, 6) is -0.243. The van der Waals surface area contributed by atoms with Gasteiger partial charge in [-0.2, -0.15) is 0 Å². The number of piperidine rings is 1. The Morgan fingerprint density at radius 1 is 1.41 bits per heavy atom. The summed E-state index contributed by atoms with van der Waals surface area (Å²) in [6, 6.07) is 0.606. The third kappa shape index (κ3) is 3.61. The molecule has 0 bridgehead atoms. The van der Waals surface area contributed by atoms with Crippen molar-refractivity contribution in [2.45, 2.75) is 37.8 Å². The molecule has 0 aliphatic carbocycles. The lowest BCUT2D eigenvalue weighted by Gasteiger charge is -2.34. The second-order valence-electron chi connectivity index (χ2n) is 4.90. The molecule has 0 saturated carbocycles. The van der Waals surface area contributed by atoms with Crippen LogP contribution in [0.15, 0.2) is 0 Å². The first-order valence-corrected chi connectivity index (χ1v) is 8.05. The molecule has 0 aromatic heterocycles. The highest BCUT2D eigenvalue weighted by Crippen LogP contribution is 2.27. The monoisotopic (exact) mass is 277 g/mol. The van der Waals surface area contributed by atoms with Gasteiger partial charge in [-0.15, -0.1) is 0 Å². The molecule has 0 spiro atoms. The minimum atomic E-state index is -3.34. The molecule has 2 heterocycles. The van der Waals surface area contributed by atoms with Gasteiger partial charge >= 0.3 is 0 Å². The van der Waals surface area contributed by atoms with E-state index in [9.17, 15) is 8.42 Å². The van der Waals surface area contributed by atoms with Crippen molar-refractivity contribution in [3.63, 3.8) is 0 Å². The quantitative estimate of drug-likeness (QED) is 0.697. The normalized spacial score (nSPS) is 30.1. The molecule has 2 unspecified atom stereocenters. The summed E-state index contributed by atoms with van der Waals surface area (Å²) < 4.78 is 26.1. The summed E-state index contributed by atoms with van der Waals surface area (Å²) in [6.45, 7) is 2.15. The van der Waals surface area contributed by atoms with Gasteiger partial charge in [0.15, 0.2) is 0 Å². The van der Waals surface area contributed by atoms with Gasteiger partial charge in [-0.3, -0.25) is 0 Å². The summed E-state index contributed by atoms with van der Waals surface area (Å²) in [7, 11) is -3.34. The summed E-state index contributed by atoms with van der Waals surface area (Å²) >= 11 is 4.64. The lowest BCUT2D eigenvalue weighted by Crippen LogP contribution is -2.48. The van der Waals surface area contributed by atoms with Gasteiger partial charge in [0.1, 0.15) is 5.75 Å². The number of thiocarbonyl (C=S) groups is 1. The third-order valence-corrected chi connectivity index (χ3v) is 5.21. The number of nitrogens with two attached hydrogens (primary N) is 1. The van der Waals surface area contributed by atoms with Gasteiger partial charge in [0.05, 0.1) is 4.99 Å². The van der Waals surface area contributed by atoms with Crippen molar-refractivity contribution in [1.82, 2.24) is 9.62 Å². The van der Waals surface area contributed by atoms with E-state index in [1.54, 1.807) is 0 Å². The smallest absolute Gasteiger partial charge is 0.218 e. The average molecular weight is 277 g/mol. The van der Waals surface area contributed by atoms with Crippen molar-refractivity contribution >= 4 is 27.2 Å². The highest BCUT2D eigenvalue weighted by Gasteiger charge is 2.33. The molecule has 98 valence electrons. The van der Waals surface area contributed by atoms with Crippen molar-refractivity contribution < 1.29 is 8.42 Å². The highest BCUT2D eigenvalue weighted by molar-refractivity contribution is 7.92. The second kappa shape index (κ2) is 5.17. The maximum atomic E-state index is 11.7. The van der Waals surface area contributed by atoms with E-state index >= 15 is 0 Å². The molecule has 17 heavy (non-hydrogen) atoms. The Balaban J connectivity index is 1.89. The van der Waals surface area contributed by atoms with Gasteiger partial charge in [0.2, 0.25) is 10.0 Å². The van der Waals surface area contributed by atoms with Gasteiger partial charge in [-0.05, 0) is 38.8 Å². The molecule has 0 radical (unpaired) electrons. The summed E-state index contributed by atoms with van der Waals surface area (Å²) in [5.41, 5.74) is 5.27. The van der Waals surface area contributed by atoms with Gasteiger partial charge < -0.3 is 10.6 Å². The van der Waals surface area contributed by atoms with E-state index < -0.39 is 10.0 Å². The molecule has 7 heteroatoms. The Hall–Kier alpha value is -0.240. The molecule has 0 amide bonds. The summed E-state index contributed by atoms with van der Waals surface area (Å²) in [6.07, 6.45) is 4.22.